The first-order chi connectivity index (χ1) is 16.9. The van der Waals surface area contributed by atoms with Crippen LogP contribution in [0.15, 0.2) is 42.7 Å². The number of esters is 1. The van der Waals surface area contributed by atoms with Gasteiger partial charge in [-0.05, 0) is 38.8 Å². The Morgan fingerprint density at radius 3 is 2.60 bits per heavy atom. The molecular weight excluding hydrogens is 440 g/mol. The van der Waals surface area contributed by atoms with E-state index < -0.39 is 5.92 Å². The van der Waals surface area contributed by atoms with Crippen LogP contribution in [0.2, 0.25) is 0 Å². The van der Waals surface area contributed by atoms with Gasteiger partial charge >= 0.3 is 5.97 Å². The molecule has 0 fully saturated rings. The zero-order valence-electron chi connectivity index (χ0n) is 21.8. The fraction of sp³-hybridized carbons (Fsp3) is 0.407. The van der Waals surface area contributed by atoms with Gasteiger partial charge in [-0.2, -0.15) is 9.61 Å². The van der Waals surface area contributed by atoms with E-state index in [0.29, 0.717) is 25.3 Å². The largest absolute Gasteiger partial charge is 0.465 e. The minimum atomic E-state index is -0.420. The van der Waals surface area contributed by atoms with Crippen LogP contribution in [0, 0.1) is 13.8 Å². The zero-order valence-corrected chi connectivity index (χ0v) is 21.8. The first-order valence-electron chi connectivity index (χ1n) is 12.3. The van der Waals surface area contributed by atoms with Crippen LogP contribution < -0.4 is 5.32 Å². The summed E-state index contributed by atoms with van der Waals surface area (Å²) in [6, 6.07) is 10.2. The molecule has 4 aromatic rings. The van der Waals surface area contributed by atoms with Crippen LogP contribution in [0.5, 0.6) is 0 Å². The van der Waals surface area contributed by atoms with E-state index in [-0.39, 0.29) is 5.97 Å². The minimum absolute atomic E-state index is 0.251. The average molecular weight is 477 g/mol. The van der Waals surface area contributed by atoms with Crippen molar-refractivity contribution in [1.29, 1.82) is 0 Å². The van der Waals surface area contributed by atoms with Gasteiger partial charge in [0.15, 0.2) is 5.65 Å². The number of rotatable bonds is 8. The lowest BCUT2D eigenvalue weighted by atomic mass is 10.0. The molecule has 186 valence electrons. The number of nitrogens with one attached hydrogen (secondary N) is 1. The highest BCUT2D eigenvalue weighted by Gasteiger charge is 2.24. The van der Waals surface area contributed by atoms with Crippen molar-refractivity contribution < 1.29 is 9.53 Å². The van der Waals surface area contributed by atoms with Crippen molar-refractivity contribution in [3.63, 3.8) is 0 Å². The molecule has 0 saturated carbocycles. The molecule has 4 rings (SSSR count). The molecule has 1 aromatic carbocycles. The molecule has 0 aliphatic rings. The van der Waals surface area contributed by atoms with E-state index in [9.17, 15) is 4.79 Å². The quantitative estimate of drug-likeness (QED) is 0.341. The third-order valence-corrected chi connectivity index (χ3v) is 5.89. The standard InChI is InChI=1S/C25H30N6O2.C2H6/c1-6-20(25(32)33-7-2)21-14-22(31-23(28-21)16(3)17(4)29-31)27-15-18-9-8-10-19(13-18)24-26-11-12-30(24)5;1-2/h8-14,20,27H,6-7,15H2,1-5H3;1-2H3. The molecule has 0 radical (unpaired) electrons. The number of carbonyl (C=O) groups excluding carboxylic acids is 1. The van der Waals surface area contributed by atoms with Gasteiger partial charge in [-0.25, -0.2) is 9.97 Å². The van der Waals surface area contributed by atoms with Crippen LogP contribution in [0.4, 0.5) is 5.82 Å². The Bertz CT molecular complexity index is 1290. The number of fused-ring (bicyclic) bond motifs is 1. The Kier molecular flexibility index (Phi) is 8.63. The summed E-state index contributed by atoms with van der Waals surface area (Å²) in [6.45, 7) is 12.7. The smallest absolute Gasteiger partial charge is 0.315 e. The lowest BCUT2D eigenvalue weighted by Gasteiger charge is -2.16. The number of nitrogens with zero attached hydrogens (tertiary/aromatic N) is 5. The number of aryl methyl sites for hydroxylation is 3. The van der Waals surface area contributed by atoms with Crippen molar-refractivity contribution in [2.45, 2.75) is 60.4 Å². The third kappa shape index (κ3) is 5.53. The van der Waals surface area contributed by atoms with Crippen LogP contribution in [0.1, 0.15) is 62.5 Å². The lowest BCUT2D eigenvalue weighted by Crippen LogP contribution is -2.18. The molecule has 8 nitrogen and oxygen atoms in total. The number of imidazole rings is 1. The van der Waals surface area contributed by atoms with Crippen molar-refractivity contribution in [3.05, 3.63) is 65.2 Å². The Hall–Kier alpha value is -3.68. The molecule has 0 saturated heterocycles. The number of hydrogen-bond donors (Lipinski definition) is 1. The first-order valence-corrected chi connectivity index (χ1v) is 12.3. The number of benzene rings is 1. The molecule has 0 amide bonds. The van der Waals surface area contributed by atoms with E-state index in [0.717, 1.165) is 39.7 Å². The predicted molar refractivity (Wildman–Crippen MR) is 139 cm³/mol. The van der Waals surface area contributed by atoms with Gasteiger partial charge in [-0.3, -0.25) is 4.79 Å². The average Bonchev–Trinajstić information content (AvgIpc) is 3.42. The van der Waals surface area contributed by atoms with E-state index >= 15 is 0 Å². The second-order valence-electron chi connectivity index (χ2n) is 8.14. The van der Waals surface area contributed by atoms with Crippen molar-refractivity contribution in [1.82, 2.24) is 24.1 Å². The van der Waals surface area contributed by atoms with Gasteiger partial charge in [0, 0.05) is 43.2 Å². The highest BCUT2D eigenvalue weighted by Crippen LogP contribution is 2.26. The van der Waals surface area contributed by atoms with Crippen molar-refractivity contribution in [3.8, 4) is 11.4 Å². The topological polar surface area (TPSA) is 86.3 Å². The molecule has 3 heterocycles. The van der Waals surface area contributed by atoms with Crippen LogP contribution in [0.3, 0.4) is 0 Å². The van der Waals surface area contributed by atoms with Crippen molar-refractivity contribution in [2.75, 3.05) is 11.9 Å². The number of carbonyl (C=O) groups is 1. The molecule has 1 atom stereocenters. The Balaban J connectivity index is 0.00000167. The Labute approximate surface area is 207 Å². The highest BCUT2D eigenvalue weighted by atomic mass is 16.5. The fourth-order valence-corrected chi connectivity index (χ4v) is 3.95. The maximum absolute atomic E-state index is 12.6. The maximum Gasteiger partial charge on any atom is 0.315 e. The predicted octanol–water partition coefficient (Wildman–Crippen LogP) is 5.44. The molecule has 1 N–H and O–H groups in total. The van der Waals surface area contributed by atoms with Crippen molar-refractivity contribution >= 4 is 17.4 Å². The number of aromatic nitrogens is 5. The van der Waals surface area contributed by atoms with Crippen LogP contribution in [0.25, 0.3) is 17.0 Å². The molecule has 8 heteroatoms. The van der Waals surface area contributed by atoms with Crippen LogP contribution >= 0.6 is 0 Å². The van der Waals surface area contributed by atoms with E-state index in [2.05, 4.69) is 33.6 Å². The summed E-state index contributed by atoms with van der Waals surface area (Å²) in [4.78, 5) is 21.8. The molecule has 0 bridgehead atoms. The van der Waals surface area contributed by atoms with Crippen LogP contribution in [-0.2, 0) is 23.1 Å². The summed E-state index contributed by atoms with van der Waals surface area (Å²) in [6.07, 6.45) is 4.34. The number of hydrogen-bond acceptors (Lipinski definition) is 6. The summed E-state index contributed by atoms with van der Waals surface area (Å²) in [5.41, 5.74) is 5.51. The van der Waals surface area contributed by atoms with Crippen LogP contribution in [-0.4, -0.2) is 36.7 Å². The Morgan fingerprint density at radius 2 is 1.94 bits per heavy atom. The number of anilines is 1. The Morgan fingerprint density at radius 1 is 1.17 bits per heavy atom. The van der Waals surface area contributed by atoms with Gasteiger partial charge in [0.1, 0.15) is 11.6 Å². The molecular formula is C27H36N6O2. The monoisotopic (exact) mass is 476 g/mol. The second-order valence-corrected chi connectivity index (χ2v) is 8.14. The fourth-order valence-electron chi connectivity index (χ4n) is 3.95. The van der Waals surface area contributed by atoms with Crippen molar-refractivity contribution in [2.24, 2.45) is 7.05 Å². The molecule has 0 aliphatic carbocycles. The summed E-state index contributed by atoms with van der Waals surface area (Å²) in [5, 5.41) is 8.17. The minimum Gasteiger partial charge on any atom is -0.465 e. The molecule has 35 heavy (non-hydrogen) atoms. The molecule has 0 aliphatic heterocycles. The third-order valence-electron chi connectivity index (χ3n) is 5.89. The summed E-state index contributed by atoms with van der Waals surface area (Å²) in [5.74, 6) is 1.04. The van der Waals surface area contributed by atoms with Gasteiger partial charge in [0.2, 0.25) is 0 Å². The molecule has 1 unspecified atom stereocenters. The van der Waals surface area contributed by atoms with Gasteiger partial charge in [0.25, 0.3) is 0 Å². The summed E-state index contributed by atoms with van der Waals surface area (Å²) in [7, 11) is 1.98. The van der Waals surface area contributed by atoms with E-state index in [1.807, 2.05) is 76.0 Å². The zero-order chi connectivity index (χ0) is 25.5. The number of ether oxygens (including phenoxy) is 1. The van der Waals surface area contributed by atoms with Gasteiger partial charge in [-0.1, -0.05) is 39.0 Å². The maximum atomic E-state index is 12.6. The summed E-state index contributed by atoms with van der Waals surface area (Å²) >= 11 is 0. The van der Waals surface area contributed by atoms with E-state index in [1.165, 1.54) is 0 Å². The van der Waals surface area contributed by atoms with Gasteiger partial charge in [-0.15, -0.1) is 0 Å². The lowest BCUT2D eigenvalue weighted by molar-refractivity contribution is -0.145. The normalized spacial score (nSPS) is 11.6. The van der Waals surface area contributed by atoms with Gasteiger partial charge < -0.3 is 14.6 Å². The SMILES string of the molecule is CC.CCOC(=O)C(CC)c1cc(NCc2cccc(-c3nccn3C)c2)n2nc(C)c(C)c2n1. The van der Waals surface area contributed by atoms with Gasteiger partial charge in [0.05, 0.1) is 23.9 Å². The summed E-state index contributed by atoms with van der Waals surface area (Å²) < 4.78 is 9.11. The highest BCUT2D eigenvalue weighted by molar-refractivity contribution is 5.78. The molecule has 0 spiro atoms. The van der Waals surface area contributed by atoms with E-state index in [1.54, 1.807) is 6.20 Å². The first kappa shape index (κ1) is 25.9. The second kappa shape index (κ2) is 11.6. The molecule has 3 aromatic heterocycles. The van der Waals surface area contributed by atoms with E-state index in [4.69, 9.17) is 9.72 Å².